The summed E-state index contributed by atoms with van der Waals surface area (Å²) in [6.45, 7) is 0. The number of amides is 2. The van der Waals surface area contributed by atoms with Gasteiger partial charge < -0.3 is 9.84 Å². The highest BCUT2D eigenvalue weighted by molar-refractivity contribution is 6.14. The zero-order chi connectivity index (χ0) is 15.9. The molecule has 2 amide bonds. The van der Waals surface area contributed by atoms with Crippen molar-refractivity contribution in [2.75, 3.05) is 14.2 Å². The maximum atomic E-state index is 12.7. The van der Waals surface area contributed by atoms with Crippen molar-refractivity contribution in [3.63, 3.8) is 0 Å². The molecule has 1 atom stereocenters. The first kappa shape index (κ1) is 14.3. The van der Waals surface area contributed by atoms with Crippen LogP contribution in [-0.4, -0.2) is 36.0 Å². The number of aliphatic hydroxyl groups is 1. The molecule has 0 spiro atoms. The molecule has 1 N–H and O–H groups in total. The van der Waals surface area contributed by atoms with Crippen LogP contribution in [-0.2, 0) is 10.4 Å². The van der Waals surface area contributed by atoms with Gasteiger partial charge >= 0.3 is 0 Å². The smallest absolute Gasteiger partial charge is 0.270 e. The van der Waals surface area contributed by atoms with Gasteiger partial charge in [-0.15, -0.1) is 0 Å². The Bertz CT molecular complexity index is 757. The Morgan fingerprint density at radius 2 is 1.73 bits per heavy atom. The molecule has 22 heavy (non-hydrogen) atoms. The molecule has 0 aromatic heterocycles. The van der Waals surface area contributed by atoms with Gasteiger partial charge in [0.1, 0.15) is 5.75 Å². The normalized spacial score (nSPS) is 20.8. The van der Waals surface area contributed by atoms with Gasteiger partial charge in [-0.3, -0.25) is 14.5 Å². The predicted molar refractivity (Wildman–Crippen MR) is 79.5 cm³/mol. The van der Waals surface area contributed by atoms with Gasteiger partial charge in [-0.25, -0.2) is 0 Å². The number of benzene rings is 2. The topological polar surface area (TPSA) is 66.8 Å². The molecule has 0 aliphatic carbocycles. The number of imide groups is 1. The van der Waals surface area contributed by atoms with Crippen LogP contribution in [0.15, 0.2) is 48.5 Å². The first-order valence-electron chi connectivity index (χ1n) is 6.79. The lowest BCUT2D eigenvalue weighted by Crippen LogP contribution is -2.53. The van der Waals surface area contributed by atoms with Crippen LogP contribution in [0.2, 0.25) is 0 Å². The van der Waals surface area contributed by atoms with Gasteiger partial charge in [0.25, 0.3) is 11.8 Å². The number of fused-ring (bicyclic) bond motifs is 1. The summed E-state index contributed by atoms with van der Waals surface area (Å²) in [5, 5.41) is 11.2. The van der Waals surface area contributed by atoms with Crippen molar-refractivity contribution in [1.29, 1.82) is 0 Å². The molecule has 0 fully saturated rings. The van der Waals surface area contributed by atoms with E-state index in [2.05, 4.69) is 0 Å². The van der Waals surface area contributed by atoms with Crippen LogP contribution in [0.4, 0.5) is 0 Å². The maximum absolute atomic E-state index is 12.7. The van der Waals surface area contributed by atoms with E-state index < -0.39 is 17.4 Å². The summed E-state index contributed by atoms with van der Waals surface area (Å²) >= 11 is 0. The Balaban J connectivity index is 2.38. The first-order chi connectivity index (χ1) is 10.5. The van der Waals surface area contributed by atoms with Gasteiger partial charge in [0, 0.05) is 7.05 Å². The van der Waals surface area contributed by atoms with Gasteiger partial charge in [0.05, 0.1) is 18.2 Å². The highest BCUT2D eigenvalue weighted by Crippen LogP contribution is 2.42. The molecule has 1 unspecified atom stereocenters. The molecule has 5 nitrogen and oxygen atoms in total. The fourth-order valence-corrected chi connectivity index (χ4v) is 2.82. The minimum absolute atomic E-state index is 0.191. The number of rotatable bonds is 2. The number of likely N-dealkylation sites (N-methyl/N-ethyl adjacent to an activating group) is 1. The van der Waals surface area contributed by atoms with E-state index in [0.29, 0.717) is 11.3 Å². The molecule has 2 aromatic rings. The van der Waals surface area contributed by atoms with Crippen molar-refractivity contribution < 1.29 is 19.4 Å². The average Bonchev–Trinajstić information content (AvgIpc) is 2.58. The number of ether oxygens (including phenoxy) is 1. The molecule has 0 saturated heterocycles. The van der Waals surface area contributed by atoms with Crippen molar-refractivity contribution in [3.05, 3.63) is 65.2 Å². The van der Waals surface area contributed by atoms with Crippen molar-refractivity contribution in [2.45, 2.75) is 5.60 Å². The molecule has 0 radical (unpaired) electrons. The van der Waals surface area contributed by atoms with Crippen LogP contribution < -0.4 is 4.74 Å². The number of hydrogen-bond acceptors (Lipinski definition) is 4. The molecule has 0 saturated carbocycles. The molecular weight excluding hydrogens is 282 g/mol. The number of methoxy groups -OCH3 is 1. The zero-order valence-electron chi connectivity index (χ0n) is 12.2. The van der Waals surface area contributed by atoms with Crippen LogP contribution in [0.3, 0.4) is 0 Å². The predicted octanol–water partition coefficient (Wildman–Crippen LogP) is 1.54. The van der Waals surface area contributed by atoms with Crippen LogP contribution in [0.5, 0.6) is 5.75 Å². The molecule has 2 aromatic carbocycles. The monoisotopic (exact) mass is 297 g/mol. The summed E-state index contributed by atoms with van der Waals surface area (Å²) in [6, 6.07) is 13.4. The number of hydrogen-bond donors (Lipinski definition) is 1. The number of nitrogens with zero attached hydrogens (tertiary/aromatic N) is 1. The van der Waals surface area contributed by atoms with Gasteiger partial charge in [-0.05, 0) is 17.7 Å². The van der Waals surface area contributed by atoms with Gasteiger partial charge in [0.2, 0.25) is 0 Å². The van der Waals surface area contributed by atoms with Crippen LogP contribution in [0.1, 0.15) is 21.5 Å². The third-order valence-corrected chi connectivity index (χ3v) is 3.95. The van der Waals surface area contributed by atoms with Gasteiger partial charge in [-0.1, -0.05) is 36.4 Å². The molecule has 112 valence electrons. The SMILES string of the molecule is COc1cccc2c1C(O)(c1ccccc1)C(=O)N(C)C2=O. The molecule has 1 aliphatic rings. The van der Waals surface area contributed by atoms with Crippen LogP contribution >= 0.6 is 0 Å². The van der Waals surface area contributed by atoms with Crippen LogP contribution in [0.25, 0.3) is 0 Å². The third-order valence-electron chi connectivity index (χ3n) is 3.95. The zero-order valence-corrected chi connectivity index (χ0v) is 12.2. The highest BCUT2D eigenvalue weighted by Gasteiger charge is 2.51. The lowest BCUT2D eigenvalue weighted by atomic mass is 9.79. The second kappa shape index (κ2) is 4.96. The Morgan fingerprint density at radius 3 is 2.36 bits per heavy atom. The van der Waals surface area contributed by atoms with E-state index in [9.17, 15) is 14.7 Å². The Labute approximate surface area is 127 Å². The largest absolute Gasteiger partial charge is 0.496 e. The summed E-state index contributed by atoms with van der Waals surface area (Å²) in [5.41, 5.74) is -1.11. The van der Waals surface area contributed by atoms with E-state index in [1.807, 2.05) is 0 Å². The third kappa shape index (κ3) is 1.76. The lowest BCUT2D eigenvalue weighted by molar-refractivity contribution is -0.145. The number of carbonyl (C=O) groups is 2. The molecule has 5 heteroatoms. The molecule has 0 bridgehead atoms. The van der Waals surface area contributed by atoms with E-state index in [1.54, 1.807) is 48.5 Å². The van der Waals surface area contributed by atoms with E-state index >= 15 is 0 Å². The second-order valence-corrected chi connectivity index (χ2v) is 5.13. The van der Waals surface area contributed by atoms with Crippen molar-refractivity contribution >= 4 is 11.8 Å². The first-order valence-corrected chi connectivity index (χ1v) is 6.79. The Hall–Kier alpha value is -2.66. The Morgan fingerprint density at radius 1 is 1.05 bits per heavy atom. The van der Waals surface area contributed by atoms with E-state index in [-0.39, 0.29) is 11.1 Å². The van der Waals surface area contributed by atoms with E-state index in [4.69, 9.17) is 4.74 Å². The maximum Gasteiger partial charge on any atom is 0.270 e. The molecular formula is C17H15NO4. The fourth-order valence-electron chi connectivity index (χ4n) is 2.82. The molecule has 3 rings (SSSR count). The quantitative estimate of drug-likeness (QED) is 0.854. The highest BCUT2D eigenvalue weighted by atomic mass is 16.5. The molecule has 1 heterocycles. The van der Waals surface area contributed by atoms with Crippen molar-refractivity contribution in [1.82, 2.24) is 4.90 Å². The lowest BCUT2D eigenvalue weighted by Gasteiger charge is -2.37. The van der Waals surface area contributed by atoms with Gasteiger partial charge in [-0.2, -0.15) is 0 Å². The van der Waals surface area contributed by atoms with Gasteiger partial charge in [0.15, 0.2) is 5.60 Å². The summed E-state index contributed by atoms with van der Waals surface area (Å²) in [6.07, 6.45) is 0. The second-order valence-electron chi connectivity index (χ2n) is 5.13. The fraction of sp³-hybridized carbons (Fsp3) is 0.176. The summed E-state index contributed by atoms with van der Waals surface area (Å²) in [5.74, 6) is -0.848. The molecule has 1 aliphatic heterocycles. The average molecular weight is 297 g/mol. The Kier molecular flexibility index (Phi) is 3.22. The van der Waals surface area contributed by atoms with Crippen LogP contribution in [0, 0.1) is 0 Å². The van der Waals surface area contributed by atoms with Crippen molar-refractivity contribution in [3.8, 4) is 5.75 Å². The number of carbonyl (C=O) groups excluding carboxylic acids is 2. The standard InChI is InChI=1S/C17H15NO4/c1-18-15(19)12-9-6-10-13(22-2)14(12)17(21,16(18)20)11-7-4-3-5-8-11/h3-10,21H,1-2H3. The summed E-state index contributed by atoms with van der Waals surface area (Å²) in [4.78, 5) is 26.0. The van der Waals surface area contributed by atoms with Crippen molar-refractivity contribution in [2.24, 2.45) is 0 Å². The van der Waals surface area contributed by atoms with E-state index in [0.717, 1.165) is 4.90 Å². The summed E-state index contributed by atoms with van der Waals surface area (Å²) < 4.78 is 5.28. The summed E-state index contributed by atoms with van der Waals surface area (Å²) in [7, 11) is 2.80. The van der Waals surface area contributed by atoms with E-state index in [1.165, 1.54) is 14.2 Å². The minimum Gasteiger partial charge on any atom is -0.496 e. The minimum atomic E-state index is -1.95.